The molecule has 2 N–H and O–H groups in total. The summed E-state index contributed by atoms with van der Waals surface area (Å²) in [5, 5.41) is 12.5. The lowest BCUT2D eigenvalue weighted by molar-refractivity contribution is -0.121. The normalized spacial score (nSPS) is 13.6. The maximum absolute atomic E-state index is 11.4. The van der Waals surface area contributed by atoms with Crippen molar-refractivity contribution in [2.45, 2.75) is 77.9 Å². The summed E-state index contributed by atoms with van der Waals surface area (Å²) in [6.45, 7) is 7.74. The topological polar surface area (TPSA) is 49.3 Å². The van der Waals surface area contributed by atoms with Crippen molar-refractivity contribution in [3.8, 4) is 0 Å². The molecule has 96 valence electrons. The molecule has 0 spiro atoms. The second-order valence-corrected chi connectivity index (χ2v) is 5.28. The molecule has 0 aliphatic heterocycles. The van der Waals surface area contributed by atoms with Crippen LogP contribution >= 0.6 is 0 Å². The van der Waals surface area contributed by atoms with E-state index in [0.29, 0.717) is 6.42 Å². The zero-order valence-corrected chi connectivity index (χ0v) is 11.2. The summed E-state index contributed by atoms with van der Waals surface area (Å²) < 4.78 is 0. The molecule has 1 amide bonds. The molecule has 1 atom stereocenters. The third-order valence-corrected chi connectivity index (χ3v) is 2.59. The average molecular weight is 229 g/mol. The molecule has 16 heavy (non-hydrogen) atoms. The predicted octanol–water partition coefficient (Wildman–Crippen LogP) is 2.62. The van der Waals surface area contributed by atoms with Gasteiger partial charge in [0.05, 0.1) is 5.60 Å². The number of carbonyl (C=O) groups excluding carboxylic acids is 1. The van der Waals surface area contributed by atoms with Crippen LogP contribution < -0.4 is 5.32 Å². The van der Waals surface area contributed by atoms with Gasteiger partial charge in [-0.1, -0.05) is 13.3 Å². The molecule has 0 aliphatic rings. The summed E-state index contributed by atoms with van der Waals surface area (Å²) in [4.78, 5) is 11.4. The highest BCUT2D eigenvalue weighted by atomic mass is 16.3. The Morgan fingerprint density at radius 3 is 2.50 bits per heavy atom. The van der Waals surface area contributed by atoms with Crippen LogP contribution in [0, 0.1) is 0 Å². The molecule has 0 fully saturated rings. The Morgan fingerprint density at radius 2 is 2.00 bits per heavy atom. The maximum atomic E-state index is 11.4. The van der Waals surface area contributed by atoms with E-state index in [1.807, 2.05) is 20.8 Å². The lowest BCUT2D eigenvalue weighted by atomic mass is 10.00. The first-order valence-corrected chi connectivity index (χ1v) is 6.37. The van der Waals surface area contributed by atoms with Crippen molar-refractivity contribution in [2.75, 3.05) is 0 Å². The Kier molecular flexibility index (Phi) is 7.39. The highest BCUT2D eigenvalue weighted by molar-refractivity contribution is 5.76. The van der Waals surface area contributed by atoms with Gasteiger partial charge in [-0.25, -0.2) is 0 Å². The number of rotatable bonds is 8. The lowest BCUT2D eigenvalue weighted by Gasteiger charge is -2.19. The first-order chi connectivity index (χ1) is 7.35. The van der Waals surface area contributed by atoms with Crippen molar-refractivity contribution in [3.63, 3.8) is 0 Å². The number of carbonyl (C=O) groups is 1. The molecule has 3 nitrogen and oxygen atoms in total. The molecule has 1 unspecified atom stereocenters. The van der Waals surface area contributed by atoms with Crippen LogP contribution in [-0.2, 0) is 4.79 Å². The number of aliphatic hydroxyl groups is 1. The average Bonchev–Trinajstić information content (AvgIpc) is 2.12. The van der Waals surface area contributed by atoms with Crippen LogP contribution in [0.4, 0.5) is 0 Å². The summed E-state index contributed by atoms with van der Waals surface area (Å²) in [6, 6.07) is 0.215. The molecule has 0 saturated carbocycles. The van der Waals surface area contributed by atoms with Gasteiger partial charge in [0.2, 0.25) is 5.91 Å². The molecule has 0 bridgehead atoms. The van der Waals surface area contributed by atoms with E-state index in [1.54, 1.807) is 0 Å². The largest absolute Gasteiger partial charge is 0.390 e. The van der Waals surface area contributed by atoms with Crippen LogP contribution in [0.15, 0.2) is 0 Å². The zero-order chi connectivity index (χ0) is 12.6. The quantitative estimate of drug-likeness (QED) is 0.672. The van der Waals surface area contributed by atoms with E-state index in [9.17, 15) is 9.90 Å². The predicted molar refractivity (Wildman–Crippen MR) is 67.3 cm³/mol. The van der Waals surface area contributed by atoms with Crippen LogP contribution in [0.5, 0.6) is 0 Å². The molecule has 0 rings (SSSR count). The van der Waals surface area contributed by atoms with E-state index in [1.165, 1.54) is 0 Å². The molecule has 0 heterocycles. The van der Waals surface area contributed by atoms with Gasteiger partial charge in [0, 0.05) is 12.5 Å². The third kappa shape index (κ3) is 9.97. The highest BCUT2D eigenvalue weighted by Gasteiger charge is 2.13. The smallest absolute Gasteiger partial charge is 0.220 e. The number of hydrogen-bond acceptors (Lipinski definition) is 2. The number of nitrogens with one attached hydrogen (secondary N) is 1. The minimum absolute atomic E-state index is 0.151. The summed E-state index contributed by atoms with van der Waals surface area (Å²) in [6.07, 6.45) is 5.30. The molecular weight excluding hydrogens is 202 g/mol. The zero-order valence-electron chi connectivity index (χ0n) is 11.2. The van der Waals surface area contributed by atoms with Crippen molar-refractivity contribution in [1.29, 1.82) is 0 Å². The van der Waals surface area contributed by atoms with Crippen LogP contribution in [0.2, 0.25) is 0 Å². The van der Waals surface area contributed by atoms with Gasteiger partial charge < -0.3 is 10.4 Å². The maximum Gasteiger partial charge on any atom is 0.220 e. The first kappa shape index (κ1) is 15.4. The van der Waals surface area contributed by atoms with Gasteiger partial charge in [0.1, 0.15) is 0 Å². The molecule has 3 heteroatoms. The summed E-state index contributed by atoms with van der Waals surface area (Å²) in [5.41, 5.74) is -0.591. The molecule has 0 radical (unpaired) electrons. The monoisotopic (exact) mass is 229 g/mol. The van der Waals surface area contributed by atoms with E-state index in [4.69, 9.17) is 0 Å². The second kappa shape index (κ2) is 7.66. The molecule has 0 aromatic heterocycles. The Labute approximate surface area is 99.6 Å². The summed E-state index contributed by atoms with van der Waals surface area (Å²) in [5.74, 6) is 0.151. The van der Waals surface area contributed by atoms with E-state index in [0.717, 1.165) is 32.1 Å². The van der Waals surface area contributed by atoms with Crippen LogP contribution in [0.25, 0.3) is 0 Å². The van der Waals surface area contributed by atoms with Crippen LogP contribution in [0.1, 0.15) is 66.2 Å². The Morgan fingerprint density at radius 1 is 1.38 bits per heavy atom. The Bertz CT molecular complexity index is 197. The van der Waals surface area contributed by atoms with Crippen LogP contribution in [0.3, 0.4) is 0 Å². The van der Waals surface area contributed by atoms with Gasteiger partial charge in [0.25, 0.3) is 0 Å². The SMILES string of the molecule is CCCCC(=O)NC(C)CCCC(C)(C)O. The fourth-order valence-electron chi connectivity index (χ4n) is 1.60. The van der Waals surface area contributed by atoms with E-state index < -0.39 is 5.60 Å². The van der Waals surface area contributed by atoms with Crippen molar-refractivity contribution >= 4 is 5.91 Å². The molecular formula is C13H27NO2. The van der Waals surface area contributed by atoms with Crippen molar-refractivity contribution < 1.29 is 9.90 Å². The Balaban J connectivity index is 3.58. The highest BCUT2D eigenvalue weighted by Crippen LogP contribution is 2.13. The third-order valence-electron chi connectivity index (χ3n) is 2.59. The summed E-state index contributed by atoms with van der Waals surface area (Å²) >= 11 is 0. The van der Waals surface area contributed by atoms with E-state index in [-0.39, 0.29) is 11.9 Å². The van der Waals surface area contributed by atoms with Crippen molar-refractivity contribution in [1.82, 2.24) is 5.32 Å². The van der Waals surface area contributed by atoms with E-state index in [2.05, 4.69) is 12.2 Å². The minimum atomic E-state index is -0.591. The molecule has 0 aliphatic carbocycles. The van der Waals surface area contributed by atoms with Crippen molar-refractivity contribution in [2.24, 2.45) is 0 Å². The van der Waals surface area contributed by atoms with Gasteiger partial charge >= 0.3 is 0 Å². The van der Waals surface area contributed by atoms with Gasteiger partial charge in [-0.2, -0.15) is 0 Å². The molecule has 0 saturated heterocycles. The fourth-order valence-corrected chi connectivity index (χ4v) is 1.60. The Hall–Kier alpha value is -0.570. The molecule has 0 aromatic carbocycles. The summed E-state index contributed by atoms with van der Waals surface area (Å²) in [7, 11) is 0. The second-order valence-electron chi connectivity index (χ2n) is 5.28. The number of hydrogen-bond donors (Lipinski definition) is 2. The fraction of sp³-hybridized carbons (Fsp3) is 0.923. The standard InChI is InChI=1S/C13H27NO2/c1-5-6-9-12(15)14-11(2)8-7-10-13(3,4)16/h11,16H,5-10H2,1-4H3,(H,14,15). The van der Waals surface area contributed by atoms with Gasteiger partial charge in [-0.3, -0.25) is 4.79 Å². The first-order valence-electron chi connectivity index (χ1n) is 6.37. The number of unbranched alkanes of at least 4 members (excludes halogenated alkanes) is 1. The van der Waals surface area contributed by atoms with Crippen LogP contribution in [-0.4, -0.2) is 22.7 Å². The van der Waals surface area contributed by atoms with Gasteiger partial charge in [-0.05, 0) is 46.5 Å². The van der Waals surface area contributed by atoms with Gasteiger partial charge in [-0.15, -0.1) is 0 Å². The van der Waals surface area contributed by atoms with Gasteiger partial charge in [0.15, 0.2) is 0 Å². The van der Waals surface area contributed by atoms with E-state index >= 15 is 0 Å². The minimum Gasteiger partial charge on any atom is -0.390 e. The lowest BCUT2D eigenvalue weighted by Crippen LogP contribution is -2.32. The molecule has 0 aromatic rings. The number of amides is 1. The van der Waals surface area contributed by atoms with Crippen molar-refractivity contribution in [3.05, 3.63) is 0 Å².